The lowest BCUT2D eigenvalue weighted by molar-refractivity contribution is 0.182. The molecule has 0 aliphatic carbocycles. The van der Waals surface area contributed by atoms with E-state index in [0.717, 1.165) is 5.92 Å². The zero-order chi connectivity index (χ0) is 8.10. The van der Waals surface area contributed by atoms with E-state index in [2.05, 4.69) is 18.7 Å². The van der Waals surface area contributed by atoms with Crippen LogP contribution in [0, 0.1) is 5.92 Å². The number of hydrogen-bond acceptors (Lipinski definition) is 1. The fourth-order valence-electron chi connectivity index (χ4n) is 1.87. The highest BCUT2D eigenvalue weighted by Crippen LogP contribution is 2.15. The molecule has 66 valence electrons. The molecule has 1 rings (SSSR count). The molecule has 0 saturated carbocycles. The Balaban J connectivity index is 2.12. The fraction of sp³-hybridized carbons (Fsp3) is 1.00. The van der Waals surface area contributed by atoms with Crippen molar-refractivity contribution in [1.29, 1.82) is 0 Å². The van der Waals surface area contributed by atoms with Gasteiger partial charge in [-0.15, -0.1) is 0 Å². The minimum atomic E-state index is 0.945. The maximum absolute atomic E-state index is 2.62. The average Bonchev–Trinajstić information content (AvgIpc) is 2.01. The first-order valence-electron chi connectivity index (χ1n) is 5.05. The summed E-state index contributed by atoms with van der Waals surface area (Å²) in [5.74, 6) is 0.945. The van der Waals surface area contributed by atoms with Gasteiger partial charge in [-0.2, -0.15) is 0 Å². The van der Waals surface area contributed by atoms with Gasteiger partial charge in [0.15, 0.2) is 0 Å². The summed E-state index contributed by atoms with van der Waals surface area (Å²) in [5, 5.41) is 0. The third kappa shape index (κ3) is 3.24. The van der Waals surface area contributed by atoms with Crippen LogP contribution in [-0.2, 0) is 0 Å². The maximum Gasteiger partial charge on any atom is 0.000703 e. The molecule has 0 spiro atoms. The van der Waals surface area contributed by atoms with Gasteiger partial charge in [0.2, 0.25) is 0 Å². The Morgan fingerprint density at radius 3 is 2.91 bits per heavy atom. The van der Waals surface area contributed by atoms with Crippen molar-refractivity contribution in [3.05, 3.63) is 0 Å². The van der Waals surface area contributed by atoms with Crippen LogP contribution in [0.1, 0.15) is 39.5 Å². The molecule has 0 radical (unpaired) electrons. The lowest BCUT2D eigenvalue weighted by atomic mass is 10.0. The van der Waals surface area contributed by atoms with Gasteiger partial charge in [0.25, 0.3) is 0 Å². The molecule has 0 aromatic heterocycles. The molecular formula is C10H21N. The number of piperidine rings is 1. The fourth-order valence-corrected chi connectivity index (χ4v) is 1.87. The highest BCUT2D eigenvalue weighted by molar-refractivity contribution is 4.69. The second kappa shape index (κ2) is 4.76. The first-order valence-corrected chi connectivity index (χ1v) is 5.05. The van der Waals surface area contributed by atoms with Crippen LogP contribution >= 0.6 is 0 Å². The van der Waals surface area contributed by atoms with Crippen LogP contribution in [0.15, 0.2) is 0 Å². The summed E-state index contributed by atoms with van der Waals surface area (Å²) in [6.45, 7) is 8.68. The normalized spacial score (nSPS) is 27.3. The summed E-state index contributed by atoms with van der Waals surface area (Å²) in [7, 11) is 0. The largest absolute Gasteiger partial charge is 0.303 e. The summed E-state index contributed by atoms with van der Waals surface area (Å²) in [4.78, 5) is 2.62. The zero-order valence-electron chi connectivity index (χ0n) is 7.97. The van der Waals surface area contributed by atoms with Gasteiger partial charge in [0, 0.05) is 6.54 Å². The van der Waals surface area contributed by atoms with Crippen LogP contribution in [0.3, 0.4) is 0 Å². The molecule has 0 unspecified atom stereocenters. The Morgan fingerprint density at radius 1 is 1.45 bits per heavy atom. The third-order valence-electron chi connectivity index (χ3n) is 2.57. The standard InChI is InChI=1S/C10H21N/c1-3-4-7-11-8-5-6-10(2)9-11/h10H,3-9H2,1-2H3/t10-/m1/s1. The van der Waals surface area contributed by atoms with Gasteiger partial charge in [-0.25, -0.2) is 0 Å². The smallest absolute Gasteiger partial charge is 0.000703 e. The summed E-state index contributed by atoms with van der Waals surface area (Å²) < 4.78 is 0. The van der Waals surface area contributed by atoms with Crippen molar-refractivity contribution in [2.24, 2.45) is 5.92 Å². The molecule has 0 N–H and O–H groups in total. The van der Waals surface area contributed by atoms with E-state index in [1.165, 1.54) is 45.3 Å². The monoisotopic (exact) mass is 155 g/mol. The van der Waals surface area contributed by atoms with E-state index in [4.69, 9.17) is 0 Å². The lowest BCUT2D eigenvalue weighted by Crippen LogP contribution is -2.34. The molecule has 0 amide bonds. The van der Waals surface area contributed by atoms with Crippen LogP contribution in [-0.4, -0.2) is 24.5 Å². The molecular weight excluding hydrogens is 134 g/mol. The highest BCUT2D eigenvalue weighted by atomic mass is 15.1. The molecule has 1 nitrogen and oxygen atoms in total. The molecule has 1 aliphatic heterocycles. The predicted molar refractivity (Wildman–Crippen MR) is 49.7 cm³/mol. The summed E-state index contributed by atoms with van der Waals surface area (Å²) in [6, 6.07) is 0. The molecule has 1 heterocycles. The Morgan fingerprint density at radius 2 is 2.27 bits per heavy atom. The van der Waals surface area contributed by atoms with Gasteiger partial charge in [0.05, 0.1) is 0 Å². The summed E-state index contributed by atoms with van der Waals surface area (Å²) >= 11 is 0. The van der Waals surface area contributed by atoms with Crippen LogP contribution < -0.4 is 0 Å². The van der Waals surface area contributed by atoms with E-state index in [1.807, 2.05) is 0 Å². The first-order chi connectivity index (χ1) is 5.33. The molecule has 0 bridgehead atoms. The van der Waals surface area contributed by atoms with E-state index in [9.17, 15) is 0 Å². The Labute approximate surface area is 70.8 Å². The number of hydrogen-bond donors (Lipinski definition) is 0. The van der Waals surface area contributed by atoms with Gasteiger partial charge in [-0.3, -0.25) is 0 Å². The molecule has 11 heavy (non-hydrogen) atoms. The number of rotatable bonds is 3. The summed E-state index contributed by atoms with van der Waals surface area (Å²) in [5.41, 5.74) is 0. The number of unbranched alkanes of at least 4 members (excludes halogenated alkanes) is 1. The van der Waals surface area contributed by atoms with Crippen LogP contribution in [0.25, 0.3) is 0 Å². The van der Waals surface area contributed by atoms with Crippen molar-refractivity contribution in [2.75, 3.05) is 19.6 Å². The molecule has 1 saturated heterocycles. The van der Waals surface area contributed by atoms with Crippen molar-refractivity contribution in [3.63, 3.8) is 0 Å². The molecule has 1 heteroatoms. The predicted octanol–water partition coefficient (Wildman–Crippen LogP) is 2.52. The van der Waals surface area contributed by atoms with Crippen LogP contribution in [0.2, 0.25) is 0 Å². The zero-order valence-corrected chi connectivity index (χ0v) is 7.97. The Hall–Kier alpha value is -0.0400. The van der Waals surface area contributed by atoms with Crippen molar-refractivity contribution in [3.8, 4) is 0 Å². The van der Waals surface area contributed by atoms with Crippen molar-refractivity contribution in [1.82, 2.24) is 4.90 Å². The average molecular weight is 155 g/mol. The van der Waals surface area contributed by atoms with Gasteiger partial charge >= 0.3 is 0 Å². The Bertz CT molecular complexity index is 101. The van der Waals surface area contributed by atoms with Gasteiger partial charge in [-0.1, -0.05) is 20.3 Å². The minimum absolute atomic E-state index is 0.945. The molecule has 1 atom stereocenters. The van der Waals surface area contributed by atoms with E-state index in [1.54, 1.807) is 0 Å². The molecule has 0 aromatic rings. The van der Waals surface area contributed by atoms with Gasteiger partial charge in [-0.05, 0) is 38.3 Å². The molecule has 1 aliphatic rings. The highest BCUT2D eigenvalue weighted by Gasteiger charge is 2.14. The van der Waals surface area contributed by atoms with Crippen molar-refractivity contribution >= 4 is 0 Å². The molecule has 1 fully saturated rings. The van der Waals surface area contributed by atoms with Crippen molar-refractivity contribution < 1.29 is 0 Å². The Kier molecular flexibility index (Phi) is 3.92. The lowest BCUT2D eigenvalue weighted by Gasteiger charge is -2.30. The quantitative estimate of drug-likeness (QED) is 0.605. The summed E-state index contributed by atoms with van der Waals surface area (Å²) in [6.07, 6.45) is 5.59. The first kappa shape index (κ1) is 9.05. The number of nitrogens with zero attached hydrogens (tertiary/aromatic N) is 1. The minimum Gasteiger partial charge on any atom is -0.303 e. The van der Waals surface area contributed by atoms with Gasteiger partial charge in [0.1, 0.15) is 0 Å². The second-order valence-electron chi connectivity index (χ2n) is 3.90. The van der Waals surface area contributed by atoms with E-state index >= 15 is 0 Å². The third-order valence-corrected chi connectivity index (χ3v) is 2.57. The SMILES string of the molecule is CCCCN1CCC[C@@H](C)C1. The second-order valence-corrected chi connectivity index (χ2v) is 3.90. The van der Waals surface area contributed by atoms with Crippen molar-refractivity contribution in [2.45, 2.75) is 39.5 Å². The topological polar surface area (TPSA) is 3.24 Å². The van der Waals surface area contributed by atoms with E-state index in [0.29, 0.717) is 0 Å². The van der Waals surface area contributed by atoms with Gasteiger partial charge < -0.3 is 4.90 Å². The molecule has 0 aromatic carbocycles. The van der Waals surface area contributed by atoms with Crippen LogP contribution in [0.4, 0.5) is 0 Å². The number of likely N-dealkylation sites (tertiary alicyclic amines) is 1. The maximum atomic E-state index is 2.62. The van der Waals surface area contributed by atoms with E-state index in [-0.39, 0.29) is 0 Å². The van der Waals surface area contributed by atoms with Crippen LogP contribution in [0.5, 0.6) is 0 Å². The van der Waals surface area contributed by atoms with E-state index < -0.39 is 0 Å².